The standard InChI is InChI=1S/C24H21Cl2N3O/c25-16-4-7-21-20(12-16)24(19-6-3-17(26)13-22(19)28-21)27-18-5-8-23(30)15(11-18)14-29-9-1-2-10-29/h3-8,11-13,30H,1-2,9-10,14H2,(H,27,28). The lowest BCUT2D eigenvalue weighted by Gasteiger charge is -2.18. The van der Waals surface area contributed by atoms with Crippen molar-refractivity contribution in [1.82, 2.24) is 9.88 Å². The first-order chi connectivity index (χ1) is 14.6. The molecule has 2 N–H and O–H groups in total. The molecular weight excluding hydrogens is 417 g/mol. The molecule has 1 saturated heterocycles. The largest absolute Gasteiger partial charge is 0.508 e. The molecule has 4 aromatic rings. The number of halogens is 2. The lowest BCUT2D eigenvalue weighted by Crippen LogP contribution is -2.18. The predicted octanol–water partition coefficient (Wildman–Crippen LogP) is 6.74. The van der Waals surface area contributed by atoms with Gasteiger partial charge in [-0.3, -0.25) is 4.90 Å². The molecule has 0 saturated carbocycles. The smallest absolute Gasteiger partial charge is 0.120 e. The van der Waals surface area contributed by atoms with Gasteiger partial charge in [-0.15, -0.1) is 0 Å². The Morgan fingerprint density at radius 2 is 1.63 bits per heavy atom. The number of rotatable bonds is 4. The average molecular weight is 438 g/mol. The van der Waals surface area contributed by atoms with Crippen LogP contribution in [0.15, 0.2) is 54.6 Å². The van der Waals surface area contributed by atoms with E-state index in [1.54, 1.807) is 6.07 Å². The monoisotopic (exact) mass is 437 g/mol. The molecule has 1 aliphatic rings. The Hall–Kier alpha value is -2.53. The van der Waals surface area contributed by atoms with Crippen LogP contribution in [-0.2, 0) is 6.54 Å². The Morgan fingerprint density at radius 3 is 2.47 bits per heavy atom. The third kappa shape index (κ3) is 3.79. The van der Waals surface area contributed by atoms with Gasteiger partial charge in [-0.2, -0.15) is 0 Å². The molecule has 3 aromatic carbocycles. The number of aromatic nitrogens is 1. The molecule has 1 fully saturated rings. The van der Waals surface area contributed by atoms with Crippen molar-refractivity contribution in [1.29, 1.82) is 0 Å². The van der Waals surface area contributed by atoms with E-state index in [0.29, 0.717) is 15.8 Å². The summed E-state index contributed by atoms with van der Waals surface area (Å²) in [7, 11) is 0. The fraction of sp³-hybridized carbons (Fsp3) is 0.208. The van der Waals surface area contributed by atoms with E-state index in [4.69, 9.17) is 28.2 Å². The lowest BCUT2D eigenvalue weighted by atomic mass is 10.1. The lowest BCUT2D eigenvalue weighted by molar-refractivity contribution is 0.324. The van der Waals surface area contributed by atoms with Gasteiger partial charge in [0.05, 0.1) is 16.7 Å². The number of aromatic hydroxyl groups is 1. The van der Waals surface area contributed by atoms with Gasteiger partial charge < -0.3 is 10.4 Å². The number of fused-ring (bicyclic) bond motifs is 2. The number of pyridine rings is 1. The minimum atomic E-state index is 0.326. The zero-order valence-electron chi connectivity index (χ0n) is 16.3. The van der Waals surface area contributed by atoms with Gasteiger partial charge >= 0.3 is 0 Å². The summed E-state index contributed by atoms with van der Waals surface area (Å²) in [5, 5.41) is 17.1. The normalized spacial score (nSPS) is 14.6. The summed E-state index contributed by atoms with van der Waals surface area (Å²) in [5.74, 6) is 0.326. The summed E-state index contributed by atoms with van der Waals surface area (Å²) in [4.78, 5) is 7.13. The Kier molecular flexibility index (Phi) is 5.15. The topological polar surface area (TPSA) is 48.4 Å². The second-order valence-electron chi connectivity index (χ2n) is 7.76. The Morgan fingerprint density at radius 1 is 0.867 bits per heavy atom. The number of benzene rings is 3. The number of nitrogens with one attached hydrogen (secondary N) is 1. The number of nitrogens with zero attached hydrogens (tertiary/aromatic N) is 2. The van der Waals surface area contributed by atoms with Gasteiger partial charge in [0, 0.05) is 38.6 Å². The minimum absolute atomic E-state index is 0.326. The van der Waals surface area contributed by atoms with E-state index in [0.717, 1.165) is 58.4 Å². The summed E-state index contributed by atoms with van der Waals surface area (Å²) in [5.41, 5.74) is 4.41. The maximum absolute atomic E-state index is 10.4. The summed E-state index contributed by atoms with van der Waals surface area (Å²) < 4.78 is 0. The predicted molar refractivity (Wildman–Crippen MR) is 125 cm³/mol. The van der Waals surface area contributed by atoms with Crippen LogP contribution < -0.4 is 5.32 Å². The summed E-state index contributed by atoms with van der Waals surface area (Å²) in [6.07, 6.45) is 2.44. The molecule has 5 rings (SSSR count). The molecule has 0 spiro atoms. The Bertz CT molecular complexity index is 1250. The molecule has 0 amide bonds. The van der Waals surface area contributed by atoms with Crippen molar-refractivity contribution < 1.29 is 5.11 Å². The molecule has 6 heteroatoms. The third-order valence-electron chi connectivity index (χ3n) is 5.64. The van der Waals surface area contributed by atoms with Crippen LogP contribution in [-0.4, -0.2) is 28.1 Å². The van der Waals surface area contributed by atoms with Crippen LogP contribution in [0.3, 0.4) is 0 Å². The fourth-order valence-corrected chi connectivity index (χ4v) is 4.48. The van der Waals surface area contributed by atoms with E-state index in [1.807, 2.05) is 48.5 Å². The molecule has 152 valence electrons. The van der Waals surface area contributed by atoms with E-state index in [-0.39, 0.29) is 0 Å². The van der Waals surface area contributed by atoms with Crippen LogP contribution in [0.2, 0.25) is 10.0 Å². The molecule has 1 aromatic heterocycles. The zero-order valence-corrected chi connectivity index (χ0v) is 17.8. The molecule has 0 bridgehead atoms. The fourth-order valence-electron chi connectivity index (χ4n) is 4.14. The van der Waals surface area contributed by atoms with E-state index in [2.05, 4.69) is 10.2 Å². The van der Waals surface area contributed by atoms with E-state index in [9.17, 15) is 5.11 Å². The van der Waals surface area contributed by atoms with Crippen molar-refractivity contribution in [2.75, 3.05) is 18.4 Å². The highest BCUT2D eigenvalue weighted by molar-refractivity contribution is 6.32. The SMILES string of the molecule is Oc1ccc(Nc2c3ccc(Cl)cc3nc3ccc(Cl)cc23)cc1CN1CCCC1. The number of anilines is 2. The average Bonchev–Trinajstić information content (AvgIpc) is 3.23. The molecule has 4 nitrogen and oxygen atoms in total. The van der Waals surface area contributed by atoms with Gasteiger partial charge in [-0.1, -0.05) is 23.2 Å². The highest BCUT2D eigenvalue weighted by Gasteiger charge is 2.15. The van der Waals surface area contributed by atoms with Gasteiger partial charge in [0.25, 0.3) is 0 Å². The van der Waals surface area contributed by atoms with Crippen LogP contribution in [0, 0.1) is 0 Å². The van der Waals surface area contributed by atoms with Crippen LogP contribution in [0.4, 0.5) is 11.4 Å². The Labute approximate surface area is 185 Å². The van der Waals surface area contributed by atoms with Crippen LogP contribution in [0.25, 0.3) is 21.8 Å². The van der Waals surface area contributed by atoms with Crippen molar-refractivity contribution in [3.63, 3.8) is 0 Å². The van der Waals surface area contributed by atoms with Gasteiger partial charge in [0.1, 0.15) is 5.75 Å². The van der Waals surface area contributed by atoms with E-state index >= 15 is 0 Å². The number of phenolic OH excluding ortho intramolecular Hbond substituents is 1. The highest BCUT2D eigenvalue weighted by Crippen LogP contribution is 2.36. The van der Waals surface area contributed by atoms with E-state index < -0.39 is 0 Å². The van der Waals surface area contributed by atoms with Gasteiger partial charge in [0.2, 0.25) is 0 Å². The number of phenols is 1. The van der Waals surface area contributed by atoms with Crippen LogP contribution in [0.5, 0.6) is 5.75 Å². The quantitative estimate of drug-likeness (QED) is 0.274. The molecule has 2 heterocycles. The van der Waals surface area contributed by atoms with Crippen molar-refractivity contribution in [2.24, 2.45) is 0 Å². The molecule has 30 heavy (non-hydrogen) atoms. The van der Waals surface area contributed by atoms with E-state index in [1.165, 1.54) is 12.8 Å². The van der Waals surface area contributed by atoms with Crippen LogP contribution in [0.1, 0.15) is 18.4 Å². The number of hydrogen-bond acceptors (Lipinski definition) is 4. The maximum Gasteiger partial charge on any atom is 0.120 e. The maximum atomic E-state index is 10.4. The second-order valence-corrected chi connectivity index (χ2v) is 8.63. The summed E-state index contributed by atoms with van der Waals surface area (Å²) in [6.45, 7) is 2.91. The van der Waals surface area contributed by atoms with Crippen molar-refractivity contribution in [3.8, 4) is 5.75 Å². The molecule has 1 aliphatic heterocycles. The van der Waals surface area contributed by atoms with Crippen molar-refractivity contribution >= 4 is 56.4 Å². The molecular formula is C24H21Cl2N3O. The van der Waals surface area contributed by atoms with Gasteiger partial charge in [-0.25, -0.2) is 4.98 Å². The highest BCUT2D eigenvalue weighted by atomic mass is 35.5. The first kappa shape index (κ1) is 19.4. The molecule has 0 unspecified atom stereocenters. The summed E-state index contributed by atoms with van der Waals surface area (Å²) >= 11 is 12.5. The first-order valence-electron chi connectivity index (χ1n) is 10.1. The molecule has 0 radical (unpaired) electrons. The van der Waals surface area contributed by atoms with Crippen LogP contribution >= 0.6 is 23.2 Å². The first-order valence-corrected chi connectivity index (χ1v) is 10.8. The number of likely N-dealkylation sites (tertiary alicyclic amines) is 1. The zero-order chi connectivity index (χ0) is 20.7. The third-order valence-corrected chi connectivity index (χ3v) is 6.11. The molecule has 0 atom stereocenters. The summed E-state index contributed by atoms with van der Waals surface area (Å²) in [6, 6.07) is 17.0. The van der Waals surface area contributed by atoms with Crippen molar-refractivity contribution in [3.05, 3.63) is 70.2 Å². The van der Waals surface area contributed by atoms with Gasteiger partial charge in [0.15, 0.2) is 0 Å². The van der Waals surface area contributed by atoms with Crippen molar-refractivity contribution in [2.45, 2.75) is 19.4 Å². The minimum Gasteiger partial charge on any atom is -0.508 e. The second kappa shape index (κ2) is 7.95. The Balaban J connectivity index is 1.61. The number of hydrogen-bond donors (Lipinski definition) is 2. The molecule has 0 aliphatic carbocycles. The van der Waals surface area contributed by atoms with Gasteiger partial charge in [-0.05, 0) is 80.5 Å².